The molecule has 1 N–H and O–H groups in total. The van der Waals surface area contributed by atoms with E-state index in [1.54, 1.807) is 12.1 Å². The van der Waals surface area contributed by atoms with Crippen LogP contribution in [0.2, 0.25) is 0 Å². The summed E-state index contributed by atoms with van der Waals surface area (Å²) in [7, 11) is 0. The van der Waals surface area contributed by atoms with Gasteiger partial charge in [-0.05, 0) is 41.8 Å². The van der Waals surface area contributed by atoms with Crippen molar-refractivity contribution < 1.29 is 13.2 Å². The first-order valence-electron chi connectivity index (χ1n) is 7.65. The van der Waals surface area contributed by atoms with Crippen molar-refractivity contribution in [1.82, 2.24) is 10.2 Å². The second kappa shape index (κ2) is 9.16. The summed E-state index contributed by atoms with van der Waals surface area (Å²) in [5.74, 6) is 0.545. The Morgan fingerprint density at radius 2 is 1.70 bits per heavy atom. The fourth-order valence-corrected chi connectivity index (χ4v) is 3.37. The van der Waals surface area contributed by atoms with Gasteiger partial charge in [0.2, 0.25) is 0 Å². The Balaban J connectivity index is 0.00000264. The molecule has 23 heavy (non-hydrogen) atoms. The van der Waals surface area contributed by atoms with Crippen LogP contribution in [-0.2, 0) is 0 Å². The van der Waals surface area contributed by atoms with E-state index in [0.29, 0.717) is 5.92 Å². The number of hydrogen-bond acceptors (Lipinski definition) is 3. The molecular formula is C16H24ClF3N2S. The fourth-order valence-electron chi connectivity index (χ4n) is 2.83. The number of alkyl halides is 3. The minimum Gasteiger partial charge on any atom is -0.314 e. The molecule has 0 aromatic heterocycles. The molecule has 1 aromatic rings. The summed E-state index contributed by atoms with van der Waals surface area (Å²) >= 11 is -0.0530. The zero-order valence-corrected chi connectivity index (χ0v) is 15.0. The predicted molar refractivity (Wildman–Crippen MR) is 92.2 cm³/mol. The van der Waals surface area contributed by atoms with Crippen molar-refractivity contribution in [1.29, 1.82) is 0 Å². The number of nitrogens with one attached hydrogen (secondary N) is 1. The van der Waals surface area contributed by atoms with Crippen molar-refractivity contribution in [2.24, 2.45) is 5.92 Å². The molecule has 0 bridgehead atoms. The molecule has 2 nitrogen and oxygen atoms in total. The minimum absolute atomic E-state index is 0. The SMILES string of the molecule is CC(C)C[C@H](c1ccc(SC(F)(F)F)cc1)N1CCNCC1.Cl. The van der Waals surface area contributed by atoms with Crippen LogP contribution in [0.5, 0.6) is 0 Å². The Hall–Kier alpha value is -0.430. The summed E-state index contributed by atoms with van der Waals surface area (Å²) in [6.07, 6.45) is 1.02. The first-order valence-corrected chi connectivity index (χ1v) is 8.47. The lowest BCUT2D eigenvalue weighted by atomic mass is 9.95. The summed E-state index contributed by atoms with van der Waals surface area (Å²) < 4.78 is 37.2. The summed E-state index contributed by atoms with van der Waals surface area (Å²) in [6, 6.07) is 7.16. The molecule has 1 fully saturated rings. The van der Waals surface area contributed by atoms with Gasteiger partial charge >= 0.3 is 5.51 Å². The highest BCUT2D eigenvalue weighted by Crippen LogP contribution is 2.37. The summed E-state index contributed by atoms with van der Waals surface area (Å²) in [6.45, 7) is 8.27. The van der Waals surface area contributed by atoms with Crippen molar-refractivity contribution >= 4 is 24.2 Å². The van der Waals surface area contributed by atoms with Crippen LogP contribution in [0.3, 0.4) is 0 Å². The Bertz CT molecular complexity index is 459. The lowest BCUT2D eigenvalue weighted by Crippen LogP contribution is -2.45. The van der Waals surface area contributed by atoms with Gasteiger partial charge in [-0.1, -0.05) is 26.0 Å². The highest BCUT2D eigenvalue weighted by molar-refractivity contribution is 8.00. The summed E-state index contributed by atoms with van der Waals surface area (Å²) in [4.78, 5) is 2.68. The third-order valence-electron chi connectivity index (χ3n) is 3.79. The quantitative estimate of drug-likeness (QED) is 0.757. The van der Waals surface area contributed by atoms with Crippen LogP contribution in [-0.4, -0.2) is 36.6 Å². The maximum atomic E-state index is 12.4. The zero-order chi connectivity index (χ0) is 16.2. The number of nitrogens with zero attached hydrogens (tertiary/aromatic N) is 1. The molecule has 2 rings (SSSR count). The van der Waals surface area contributed by atoms with Crippen molar-refractivity contribution in [2.45, 2.75) is 36.7 Å². The number of benzene rings is 1. The third-order valence-corrected chi connectivity index (χ3v) is 4.52. The molecule has 1 aliphatic rings. The van der Waals surface area contributed by atoms with Crippen LogP contribution >= 0.6 is 24.2 Å². The fraction of sp³-hybridized carbons (Fsp3) is 0.625. The largest absolute Gasteiger partial charge is 0.446 e. The smallest absolute Gasteiger partial charge is 0.314 e. The molecule has 132 valence electrons. The highest BCUT2D eigenvalue weighted by Gasteiger charge is 2.29. The molecule has 0 unspecified atom stereocenters. The van der Waals surface area contributed by atoms with Crippen LogP contribution in [0.1, 0.15) is 31.9 Å². The first kappa shape index (κ1) is 20.6. The molecule has 0 radical (unpaired) electrons. The van der Waals surface area contributed by atoms with E-state index in [9.17, 15) is 13.2 Å². The summed E-state index contributed by atoms with van der Waals surface area (Å²) in [5.41, 5.74) is -3.11. The molecule has 0 amide bonds. The van der Waals surface area contributed by atoms with E-state index >= 15 is 0 Å². The Morgan fingerprint density at radius 1 is 1.13 bits per heavy atom. The second-order valence-corrected chi connectivity index (χ2v) is 7.19. The second-order valence-electron chi connectivity index (χ2n) is 6.05. The van der Waals surface area contributed by atoms with Crippen LogP contribution in [0, 0.1) is 5.92 Å². The molecule has 0 aliphatic carbocycles. The Kier molecular flexibility index (Phi) is 8.21. The molecule has 1 aliphatic heterocycles. The highest BCUT2D eigenvalue weighted by atomic mass is 35.5. The third kappa shape index (κ3) is 6.91. The number of rotatable bonds is 5. The van der Waals surface area contributed by atoms with Gasteiger partial charge in [0.25, 0.3) is 0 Å². The molecule has 0 saturated carbocycles. The van der Waals surface area contributed by atoms with E-state index in [2.05, 4.69) is 24.1 Å². The van der Waals surface area contributed by atoms with Gasteiger partial charge in [0.05, 0.1) is 0 Å². The normalized spacial score (nSPS) is 17.8. The molecule has 1 aromatic carbocycles. The molecule has 1 saturated heterocycles. The molecule has 7 heteroatoms. The van der Waals surface area contributed by atoms with Crippen LogP contribution in [0.15, 0.2) is 29.2 Å². The van der Waals surface area contributed by atoms with Gasteiger partial charge in [-0.15, -0.1) is 12.4 Å². The number of thioether (sulfide) groups is 1. The lowest BCUT2D eigenvalue weighted by Gasteiger charge is -2.36. The van der Waals surface area contributed by atoms with Gasteiger partial charge in [-0.25, -0.2) is 0 Å². The van der Waals surface area contributed by atoms with E-state index in [-0.39, 0.29) is 35.1 Å². The van der Waals surface area contributed by atoms with Crippen molar-refractivity contribution in [3.05, 3.63) is 29.8 Å². The number of hydrogen-bond donors (Lipinski definition) is 1. The Morgan fingerprint density at radius 3 is 2.17 bits per heavy atom. The lowest BCUT2D eigenvalue weighted by molar-refractivity contribution is -0.0328. The molecule has 1 heterocycles. The average molecular weight is 369 g/mol. The van der Waals surface area contributed by atoms with E-state index in [4.69, 9.17) is 0 Å². The van der Waals surface area contributed by atoms with Gasteiger partial charge in [-0.2, -0.15) is 13.2 Å². The van der Waals surface area contributed by atoms with Crippen LogP contribution in [0.25, 0.3) is 0 Å². The van der Waals surface area contributed by atoms with Crippen molar-refractivity contribution in [3.63, 3.8) is 0 Å². The van der Waals surface area contributed by atoms with Gasteiger partial charge < -0.3 is 5.32 Å². The monoisotopic (exact) mass is 368 g/mol. The molecule has 1 atom stereocenters. The minimum atomic E-state index is -4.22. The predicted octanol–water partition coefficient (Wildman–Crippen LogP) is 4.71. The van der Waals surface area contributed by atoms with Gasteiger partial charge in [0.1, 0.15) is 0 Å². The summed E-state index contributed by atoms with van der Waals surface area (Å²) in [5, 5.41) is 3.34. The maximum absolute atomic E-state index is 12.4. The number of halogens is 4. The topological polar surface area (TPSA) is 15.3 Å². The molecule has 0 spiro atoms. The van der Waals surface area contributed by atoms with Gasteiger partial charge in [-0.3, -0.25) is 4.90 Å². The maximum Gasteiger partial charge on any atom is 0.446 e. The van der Waals surface area contributed by atoms with E-state index < -0.39 is 5.51 Å². The zero-order valence-electron chi connectivity index (χ0n) is 13.4. The first-order chi connectivity index (χ1) is 10.3. The average Bonchev–Trinajstić information content (AvgIpc) is 2.45. The Labute approximate surface area is 146 Å². The van der Waals surface area contributed by atoms with Gasteiger partial charge in [0.15, 0.2) is 0 Å². The van der Waals surface area contributed by atoms with Crippen molar-refractivity contribution in [2.75, 3.05) is 26.2 Å². The van der Waals surface area contributed by atoms with Crippen LogP contribution < -0.4 is 5.32 Å². The number of piperazine rings is 1. The van der Waals surface area contributed by atoms with E-state index in [1.165, 1.54) is 0 Å². The van der Waals surface area contributed by atoms with Gasteiger partial charge in [0, 0.05) is 37.1 Å². The van der Waals surface area contributed by atoms with Crippen LogP contribution in [0.4, 0.5) is 13.2 Å². The van der Waals surface area contributed by atoms with E-state index in [1.807, 2.05) is 12.1 Å². The van der Waals surface area contributed by atoms with Crippen molar-refractivity contribution in [3.8, 4) is 0 Å². The van der Waals surface area contributed by atoms with E-state index in [0.717, 1.165) is 38.2 Å². The standard InChI is InChI=1S/C16H23F3N2S.ClH/c1-12(2)11-15(21-9-7-20-8-10-21)13-3-5-14(6-4-13)22-16(17,18)19;/h3-6,12,15,20H,7-11H2,1-2H3;1H/t15-;/m1./s1. The molecular weight excluding hydrogens is 345 g/mol.